The number of carbonyl (C=O) groups is 2. The van der Waals surface area contributed by atoms with E-state index in [1.807, 2.05) is 0 Å². The molecule has 2 heterocycles. The molecule has 0 atom stereocenters. The number of aromatic nitrogens is 4. The van der Waals surface area contributed by atoms with E-state index < -0.39 is 0 Å². The topological polar surface area (TPSA) is 106 Å². The van der Waals surface area contributed by atoms with Crippen LogP contribution in [-0.2, 0) is 22.6 Å². The first-order chi connectivity index (χ1) is 12.0. The van der Waals surface area contributed by atoms with Crippen molar-refractivity contribution in [2.75, 3.05) is 19.4 Å². The quantitative estimate of drug-likeness (QED) is 0.769. The summed E-state index contributed by atoms with van der Waals surface area (Å²) >= 11 is 0. The highest BCUT2D eigenvalue weighted by Gasteiger charge is 2.28. The van der Waals surface area contributed by atoms with Gasteiger partial charge in [-0.15, -0.1) is 0 Å². The lowest BCUT2D eigenvalue weighted by Crippen LogP contribution is -2.26. The van der Waals surface area contributed by atoms with Crippen molar-refractivity contribution in [2.24, 2.45) is 0 Å². The van der Waals surface area contributed by atoms with Gasteiger partial charge in [0.15, 0.2) is 5.82 Å². The van der Waals surface area contributed by atoms with E-state index in [1.165, 1.54) is 15.8 Å². The summed E-state index contributed by atoms with van der Waals surface area (Å²) in [4.78, 5) is 29.4. The van der Waals surface area contributed by atoms with Gasteiger partial charge in [-0.05, 0) is 19.3 Å². The molecular formula is C16H22N6O3. The summed E-state index contributed by atoms with van der Waals surface area (Å²) in [7, 11) is 3.37. The Morgan fingerprint density at radius 2 is 2.20 bits per heavy atom. The zero-order chi connectivity index (χ0) is 17.8. The lowest BCUT2D eigenvalue weighted by molar-refractivity contribution is -0.129. The Morgan fingerprint density at radius 3 is 2.92 bits per heavy atom. The molecule has 1 N–H and O–H groups in total. The summed E-state index contributed by atoms with van der Waals surface area (Å²) in [6.07, 6.45) is 7.00. The van der Waals surface area contributed by atoms with E-state index in [0.29, 0.717) is 36.8 Å². The number of nitrogens with zero attached hydrogens (tertiary/aromatic N) is 5. The number of hydrogen-bond donors (Lipinski definition) is 1. The number of nitrogens with one attached hydrogen (secondary N) is 1. The van der Waals surface area contributed by atoms with E-state index in [1.54, 1.807) is 20.3 Å². The lowest BCUT2D eigenvalue weighted by Gasteiger charge is -2.09. The van der Waals surface area contributed by atoms with Gasteiger partial charge in [0.05, 0.1) is 11.9 Å². The van der Waals surface area contributed by atoms with Crippen molar-refractivity contribution in [1.82, 2.24) is 24.8 Å². The number of amides is 2. The highest BCUT2D eigenvalue weighted by molar-refractivity contribution is 5.90. The van der Waals surface area contributed by atoms with Crippen LogP contribution in [0.4, 0.5) is 5.69 Å². The summed E-state index contributed by atoms with van der Waals surface area (Å²) in [5.74, 6) is 1.67. The SMILES string of the molecule is CN(C)C(=O)Cn1cc(NC(=O)CCCc2nc(C3CC3)no2)cn1. The van der Waals surface area contributed by atoms with Crippen LogP contribution in [0.25, 0.3) is 0 Å². The van der Waals surface area contributed by atoms with Gasteiger partial charge in [-0.1, -0.05) is 5.16 Å². The van der Waals surface area contributed by atoms with Crippen molar-refractivity contribution < 1.29 is 14.1 Å². The lowest BCUT2D eigenvalue weighted by atomic mass is 10.2. The summed E-state index contributed by atoms with van der Waals surface area (Å²) < 4.78 is 6.68. The number of hydrogen-bond acceptors (Lipinski definition) is 6. The molecule has 0 unspecified atom stereocenters. The van der Waals surface area contributed by atoms with Crippen LogP contribution in [0, 0.1) is 0 Å². The molecule has 2 amide bonds. The van der Waals surface area contributed by atoms with E-state index in [4.69, 9.17) is 4.52 Å². The zero-order valence-corrected chi connectivity index (χ0v) is 14.4. The predicted molar refractivity (Wildman–Crippen MR) is 88.8 cm³/mol. The summed E-state index contributed by atoms with van der Waals surface area (Å²) in [6.45, 7) is 0.142. The molecule has 25 heavy (non-hydrogen) atoms. The number of anilines is 1. The van der Waals surface area contributed by atoms with Crippen molar-refractivity contribution in [3.05, 3.63) is 24.1 Å². The summed E-state index contributed by atoms with van der Waals surface area (Å²) in [6, 6.07) is 0. The standard InChI is InChI=1S/C16H22N6O3/c1-21(2)15(24)10-22-9-12(8-17-22)18-13(23)4-3-5-14-19-16(20-25-14)11-6-7-11/h8-9,11H,3-7,10H2,1-2H3,(H,18,23). The van der Waals surface area contributed by atoms with Crippen molar-refractivity contribution >= 4 is 17.5 Å². The largest absolute Gasteiger partial charge is 0.347 e. The van der Waals surface area contributed by atoms with Gasteiger partial charge in [-0.2, -0.15) is 10.1 Å². The normalized spacial score (nSPS) is 13.7. The van der Waals surface area contributed by atoms with Crippen molar-refractivity contribution in [3.8, 4) is 0 Å². The number of carbonyl (C=O) groups excluding carboxylic acids is 2. The second-order valence-electron chi connectivity index (χ2n) is 6.44. The van der Waals surface area contributed by atoms with Gasteiger partial charge >= 0.3 is 0 Å². The first kappa shape index (κ1) is 17.1. The smallest absolute Gasteiger partial charge is 0.243 e. The summed E-state index contributed by atoms with van der Waals surface area (Å²) in [5.41, 5.74) is 0.574. The molecular weight excluding hydrogens is 324 g/mol. The number of rotatable bonds is 8. The van der Waals surface area contributed by atoms with Crippen LogP contribution in [0.3, 0.4) is 0 Å². The summed E-state index contributed by atoms with van der Waals surface area (Å²) in [5, 5.41) is 10.8. The minimum Gasteiger partial charge on any atom is -0.347 e. The molecule has 0 aromatic carbocycles. The highest BCUT2D eigenvalue weighted by atomic mass is 16.5. The minimum absolute atomic E-state index is 0.0638. The molecule has 0 radical (unpaired) electrons. The van der Waals surface area contributed by atoms with Crippen molar-refractivity contribution in [3.63, 3.8) is 0 Å². The highest BCUT2D eigenvalue weighted by Crippen LogP contribution is 2.38. The third-order valence-electron chi connectivity index (χ3n) is 3.93. The second-order valence-corrected chi connectivity index (χ2v) is 6.44. The molecule has 1 fully saturated rings. The van der Waals surface area contributed by atoms with Crippen LogP contribution < -0.4 is 5.32 Å². The second kappa shape index (κ2) is 7.45. The van der Waals surface area contributed by atoms with Crippen LogP contribution in [0.15, 0.2) is 16.9 Å². The van der Waals surface area contributed by atoms with Crippen LogP contribution in [-0.4, -0.2) is 50.7 Å². The first-order valence-corrected chi connectivity index (χ1v) is 8.36. The Hall–Kier alpha value is -2.71. The Labute approximate surface area is 145 Å². The maximum atomic E-state index is 12.0. The third-order valence-corrected chi connectivity index (χ3v) is 3.93. The molecule has 2 aromatic rings. The Bertz CT molecular complexity index is 747. The zero-order valence-electron chi connectivity index (χ0n) is 14.4. The van der Waals surface area contributed by atoms with Crippen LogP contribution in [0.1, 0.15) is 43.3 Å². The van der Waals surface area contributed by atoms with Crippen LogP contribution in [0.2, 0.25) is 0 Å². The molecule has 0 saturated heterocycles. The third kappa shape index (κ3) is 4.88. The fourth-order valence-electron chi connectivity index (χ4n) is 2.30. The van der Waals surface area contributed by atoms with Crippen LogP contribution >= 0.6 is 0 Å². The van der Waals surface area contributed by atoms with Gasteiger partial charge in [0.2, 0.25) is 17.7 Å². The van der Waals surface area contributed by atoms with Gasteiger partial charge in [-0.3, -0.25) is 14.3 Å². The van der Waals surface area contributed by atoms with Gasteiger partial charge in [0.1, 0.15) is 6.54 Å². The van der Waals surface area contributed by atoms with Crippen molar-refractivity contribution in [1.29, 1.82) is 0 Å². The molecule has 1 aliphatic rings. The molecule has 0 aliphatic heterocycles. The van der Waals surface area contributed by atoms with E-state index >= 15 is 0 Å². The Balaban J connectivity index is 1.39. The van der Waals surface area contributed by atoms with Crippen LogP contribution in [0.5, 0.6) is 0 Å². The molecule has 9 heteroatoms. The molecule has 0 bridgehead atoms. The maximum Gasteiger partial charge on any atom is 0.243 e. The molecule has 9 nitrogen and oxygen atoms in total. The predicted octanol–water partition coefficient (Wildman–Crippen LogP) is 1.19. The molecule has 134 valence electrons. The van der Waals surface area contributed by atoms with Gasteiger partial charge < -0.3 is 14.7 Å². The minimum atomic E-state index is -0.111. The molecule has 3 rings (SSSR count). The Kier molecular flexibility index (Phi) is 5.11. The van der Waals surface area contributed by atoms with Crippen molar-refractivity contribution in [2.45, 2.75) is 44.6 Å². The molecule has 1 saturated carbocycles. The van der Waals surface area contributed by atoms with E-state index in [2.05, 4.69) is 20.6 Å². The fraction of sp³-hybridized carbons (Fsp3) is 0.562. The average molecular weight is 346 g/mol. The first-order valence-electron chi connectivity index (χ1n) is 8.36. The average Bonchev–Trinajstić information content (AvgIpc) is 3.16. The maximum absolute atomic E-state index is 12.0. The number of aryl methyl sites for hydroxylation is 1. The van der Waals surface area contributed by atoms with E-state index in [-0.39, 0.29) is 18.4 Å². The van der Waals surface area contributed by atoms with E-state index in [0.717, 1.165) is 18.7 Å². The van der Waals surface area contributed by atoms with Gasteiger partial charge in [0, 0.05) is 39.1 Å². The van der Waals surface area contributed by atoms with E-state index in [9.17, 15) is 9.59 Å². The molecule has 1 aliphatic carbocycles. The van der Waals surface area contributed by atoms with Gasteiger partial charge in [-0.25, -0.2) is 0 Å². The fourth-order valence-corrected chi connectivity index (χ4v) is 2.30. The monoisotopic (exact) mass is 346 g/mol. The molecule has 0 spiro atoms. The number of likely N-dealkylation sites (N-methyl/N-ethyl adjacent to an activating group) is 1. The Morgan fingerprint density at radius 1 is 1.40 bits per heavy atom. The molecule has 2 aromatic heterocycles. The van der Waals surface area contributed by atoms with Gasteiger partial charge in [0.25, 0.3) is 0 Å².